The number of hydrogen-bond acceptors (Lipinski definition) is 7. The first-order valence-electron chi connectivity index (χ1n) is 14.0. The number of methoxy groups -OCH3 is 1. The molecule has 9 nitrogen and oxygen atoms in total. The van der Waals surface area contributed by atoms with E-state index in [4.69, 9.17) is 9.47 Å². The number of carbonyl (C=O) groups is 1. The van der Waals surface area contributed by atoms with Crippen molar-refractivity contribution in [2.75, 3.05) is 27.7 Å². The molecule has 1 N–H and O–H groups in total. The second kappa shape index (κ2) is 11.4. The Kier molecular flexibility index (Phi) is 7.94. The molecule has 9 heteroatoms. The number of amides is 1. The van der Waals surface area contributed by atoms with Crippen molar-refractivity contribution in [3.8, 4) is 22.6 Å². The minimum Gasteiger partial charge on any atom is -0.492 e. The fraction of sp³-hybridized carbons (Fsp3) is 0.484. The van der Waals surface area contributed by atoms with Crippen molar-refractivity contribution in [3.05, 3.63) is 68.7 Å². The number of nitrogens with zero attached hydrogens (tertiary/aromatic N) is 4. The Morgan fingerprint density at radius 1 is 1.02 bits per heavy atom. The zero-order valence-electron chi connectivity index (χ0n) is 24.3. The molecule has 0 saturated heterocycles. The van der Waals surface area contributed by atoms with Gasteiger partial charge < -0.3 is 24.3 Å². The molecule has 1 saturated carbocycles. The Hall–Kier alpha value is -3.72. The van der Waals surface area contributed by atoms with Crippen molar-refractivity contribution in [1.29, 1.82) is 0 Å². The normalized spacial score (nSPS) is 19.1. The predicted octanol–water partition coefficient (Wildman–Crippen LogP) is 4.22. The van der Waals surface area contributed by atoms with Gasteiger partial charge in [-0.2, -0.15) is 0 Å². The Bertz CT molecular complexity index is 1460. The van der Waals surface area contributed by atoms with Crippen LogP contribution in [0.1, 0.15) is 64.0 Å². The summed E-state index contributed by atoms with van der Waals surface area (Å²) in [6.45, 7) is 6.45. The topological polar surface area (TPSA) is 101 Å². The molecule has 0 bridgehead atoms. The molecule has 0 unspecified atom stereocenters. The van der Waals surface area contributed by atoms with E-state index in [9.17, 15) is 9.59 Å². The molecule has 0 atom stereocenters. The summed E-state index contributed by atoms with van der Waals surface area (Å²) in [5.41, 5.74) is 6.02. The zero-order valence-corrected chi connectivity index (χ0v) is 24.3. The Morgan fingerprint density at radius 2 is 1.73 bits per heavy atom. The monoisotopic (exact) mass is 545 g/mol. The van der Waals surface area contributed by atoms with Crippen LogP contribution in [0.15, 0.2) is 29.6 Å². The Labute approximate surface area is 235 Å². The first kappa shape index (κ1) is 27.8. The Balaban J connectivity index is 1.58. The van der Waals surface area contributed by atoms with E-state index in [1.165, 1.54) is 6.33 Å². The van der Waals surface area contributed by atoms with Crippen molar-refractivity contribution < 1.29 is 14.3 Å². The number of H-pyrrole nitrogens is 1. The van der Waals surface area contributed by atoms with Crippen molar-refractivity contribution in [2.24, 2.45) is 0 Å². The summed E-state index contributed by atoms with van der Waals surface area (Å²) in [5, 5.41) is 0. The fourth-order valence-corrected chi connectivity index (χ4v) is 6.27. The van der Waals surface area contributed by atoms with Crippen LogP contribution < -0.4 is 15.0 Å². The first-order chi connectivity index (χ1) is 19.2. The molecule has 2 aliphatic rings. The third kappa shape index (κ3) is 5.22. The van der Waals surface area contributed by atoms with Gasteiger partial charge in [-0.05, 0) is 84.2 Å². The van der Waals surface area contributed by atoms with Crippen molar-refractivity contribution in [2.45, 2.75) is 71.6 Å². The number of aryl methyl sites for hydroxylation is 2. The molecule has 1 fully saturated rings. The summed E-state index contributed by atoms with van der Waals surface area (Å²) < 4.78 is 12.7. The molecular formula is C31H39N5O4. The van der Waals surface area contributed by atoms with E-state index < -0.39 is 0 Å². The van der Waals surface area contributed by atoms with Gasteiger partial charge in [0, 0.05) is 52.9 Å². The zero-order chi connectivity index (χ0) is 28.6. The summed E-state index contributed by atoms with van der Waals surface area (Å²) in [6, 6.07) is 2.49. The third-order valence-electron chi connectivity index (χ3n) is 8.44. The molecule has 0 radical (unpaired) electrons. The van der Waals surface area contributed by atoms with E-state index in [1.54, 1.807) is 24.4 Å². The molecule has 1 amide bonds. The SMILES string of the molecule is COc1c(OC2CCC(N(C)C)CC2)c(C)c2c(c1-c1cncnc1)CCN(Cc1c(C)cc(C)[nH]c1=O)C2=O. The summed E-state index contributed by atoms with van der Waals surface area (Å²) in [6.07, 6.45) is 9.61. The van der Waals surface area contributed by atoms with Crippen molar-refractivity contribution >= 4 is 5.91 Å². The quantitative estimate of drug-likeness (QED) is 0.475. The minimum atomic E-state index is -0.151. The number of hydrogen-bond donors (Lipinski definition) is 1. The standard InChI is InChI=1S/C31H39N5O4/c1-18-13-19(2)34-30(37)25(18)16-36-12-11-24-26(31(36)38)20(3)28(40-23-9-7-22(8-10-23)35(4)5)29(39-6)27(24)21-14-32-17-33-15-21/h13-15,17,22-23H,7-12,16H2,1-6H3,(H,34,37). The molecule has 0 spiro atoms. The van der Waals surface area contributed by atoms with E-state index in [0.29, 0.717) is 41.6 Å². The summed E-state index contributed by atoms with van der Waals surface area (Å²) in [4.78, 5) is 42.4. The number of pyridine rings is 1. The molecule has 1 aliphatic heterocycles. The van der Waals surface area contributed by atoms with Gasteiger partial charge in [-0.1, -0.05) is 0 Å². The number of fused-ring (bicyclic) bond motifs is 1. The lowest BCUT2D eigenvalue weighted by Crippen LogP contribution is -2.40. The predicted molar refractivity (Wildman–Crippen MR) is 154 cm³/mol. The Morgan fingerprint density at radius 3 is 2.35 bits per heavy atom. The average molecular weight is 546 g/mol. The number of aromatic amines is 1. The molecule has 3 heterocycles. The molecule has 1 aromatic carbocycles. The van der Waals surface area contributed by atoms with Gasteiger partial charge in [0.1, 0.15) is 6.33 Å². The lowest BCUT2D eigenvalue weighted by Gasteiger charge is -2.35. The molecule has 40 heavy (non-hydrogen) atoms. The summed E-state index contributed by atoms with van der Waals surface area (Å²) in [5.74, 6) is 1.11. The molecule has 1 aliphatic carbocycles. The van der Waals surface area contributed by atoms with Crippen LogP contribution in [0.25, 0.3) is 11.1 Å². The first-order valence-corrected chi connectivity index (χ1v) is 14.0. The van der Waals surface area contributed by atoms with Gasteiger partial charge in [-0.15, -0.1) is 0 Å². The molecule has 2 aromatic heterocycles. The highest BCUT2D eigenvalue weighted by molar-refractivity contribution is 6.02. The van der Waals surface area contributed by atoms with Crippen LogP contribution in [-0.2, 0) is 13.0 Å². The fourth-order valence-electron chi connectivity index (χ4n) is 6.27. The van der Waals surface area contributed by atoms with E-state index in [2.05, 4.69) is 33.9 Å². The number of nitrogens with one attached hydrogen (secondary N) is 1. The third-order valence-corrected chi connectivity index (χ3v) is 8.44. The van der Waals surface area contributed by atoms with Crippen LogP contribution >= 0.6 is 0 Å². The van der Waals surface area contributed by atoms with Gasteiger partial charge in [0.05, 0.1) is 25.3 Å². The maximum Gasteiger partial charge on any atom is 0.254 e. The lowest BCUT2D eigenvalue weighted by molar-refractivity contribution is 0.0722. The van der Waals surface area contributed by atoms with Gasteiger partial charge >= 0.3 is 0 Å². The summed E-state index contributed by atoms with van der Waals surface area (Å²) in [7, 11) is 5.90. The number of aromatic nitrogens is 3. The van der Waals surface area contributed by atoms with E-state index >= 15 is 0 Å². The molecule has 3 aromatic rings. The highest BCUT2D eigenvalue weighted by Crippen LogP contribution is 2.48. The second-order valence-electron chi connectivity index (χ2n) is 11.3. The number of ether oxygens (including phenoxy) is 2. The number of rotatable bonds is 7. The highest BCUT2D eigenvalue weighted by atomic mass is 16.5. The van der Waals surface area contributed by atoms with Gasteiger partial charge in [0.2, 0.25) is 0 Å². The van der Waals surface area contributed by atoms with Crippen LogP contribution in [-0.4, -0.2) is 70.6 Å². The minimum absolute atomic E-state index is 0.0327. The van der Waals surface area contributed by atoms with Crippen LogP contribution in [0, 0.1) is 20.8 Å². The lowest BCUT2D eigenvalue weighted by atomic mass is 9.86. The van der Waals surface area contributed by atoms with Gasteiger partial charge in [-0.3, -0.25) is 9.59 Å². The van der Waals surface area contributed by atoms with Gasteiger partial charge in [0.25, 0.3) is 11.5 Å². The van der Waals surface area contributed by atoms with Crippen LogP contribution in [0.5, 0.6) is 11.5 Å². The van der Waals surface area contributed by atoms with E-state index in [1.807, 2.05) is 26.8 Å². The largest absolute Gasteiger partial charge is 0.492 e. The second-order valence-corrected chi connectivity index (χ2v) is 11.3. The molecule has 5 rings (SSSR count). The van der Waals surface area contributed by atoms with E-state index in [0.717, 1.165) is 59.2 Å². The van der Waals surface area contributed by atoms with Crippen LogP contribution in [0.2, 0.25) is 0 Å². The highest BCUT2D eigenvalue weighted by Gasteiger charge is 2.35. The molecule has 212 valence electrons. The number of benzene rings is 1. The maximum atomic E-state index is 14.2. The smallest absolute Gasteiger partial charge is 0.254 e. The summed E-state index contributed by atoms with van der Waals surface area (Å²) >= 11 is 0. The average Bonchev–Trinajstić information content (AvgIpc) is 2.93. The number of carbonyl (C=O) groups excluding carboxylic acids is 1. The van der Waals surface area contributed by atoms with Gasteiger partial charge in [0.15, 0.2) is 11.5 Å². The van der Waals surface area contributed by atoms with Crippen molar-refractivity contribution in [3.63, 3.8) is 0 Å². The van der Waals surface area contributed by atoms with Crippen molar-refractivity contribution in [1.82, 2.24) is 24.8 Å². The maximum absolute atomic E-state index is 14.2. The van der Waals surface area contributed by atoms with Crippen LogP contribution in [0.4, 0.5) is 0 Å². The van der Waals surface area contributed by atoms with Gasteiger partial charge in [-0.25, -0.2) is 9.97 Å². The van der Waals surface area contributed by atoms with E-state index in [-0.39, 0.29) is 24.1 Å². The molecular weight excluding hydrogens is 506 g/mol. The van der Waals surface area contributed by atoms with Crippen LogP contribution in [0.3, 0.4) is 0 Å².